The van der Waals surface area contributed by atoms with Crippen LogP contribution in [0.3, 0.4) is 0 Å². The lowest BCUT2D eigenvalue weighted by atomic mass is 9.13. The van der Waals surface area contributed by atoms with Gasteiger partial charge in [-0.1, -0.05) is 212 Å². The molecule has 47 heavy (non-hydrogen) atoms. The lowest BCUT2D eigenvalue weighted by molar-refractivity contribution is -0.909. The molecular weight excluding hydrogens is 565 g/mol. The Kier molecular flexibility index (Phi) is 9.91. The van der Waals surface area contributed by atoms with Crippen LogP contribution in [0.15, 0.2) is 212 Å². The molecular formula is C45H42BN. The van der Waals surface area contributed by atoms with Crippen molar-refractivity contribution in [1.82, 2.24) is 0 Å². The van der Waals surface area contributed by atoms with Crippen LogP contribution >= 0.6 is 0 Å². The van der Waals surface area contributed by atoms with E-state index in [9.17, 15) is 0 Å². The standard InChI is InChI=1S/C24H20B.C21H21N/c1-5-13-21(14-6-1)25(22-15-7-2-8-16-22,23-17-9-3-10-18-23)24-19-11-4-12-20-24;1-22(2)21(18-12-6-3-7-13-18,19-14-8-4-9-15-19)20-16-10-5-11-17-20/h1-20H;3-17H,1-2H3/q-1;/p+1. The number of quaternary nitrogens is 1. The molecule has 0 heterocycles. The van der Waals surface area contributed by atoms with E-state index in [1.54, 1.807) is 0 Å². The molecule has 230 valence electrons. The Morgan fingerprint density at radius 3 is 0.681 bits per heavy atom. The van der Waals surface area contributed by atoms with Crippen molar-refractivity contribution in [3.63, 3.8) is 0 Å². The molecule has 0 radical (unpaired) electrons. The van der Waals surface area contributed by atoms with Gasteiger partial charge in [-0.2, -0.15) is 21.9 Å². The fraction of sp³-hybridized carbons (Fsp3) is 0.0667. The zero-order valence-electron chi connectivity index (χ0n) is 27.3. The Morgan fingerprint density at radius 1 is 0.298 bits per heavy atom. The van der Waals surface area contributed by atoms with Gasteiger partial charge in [-0.15, -0.1) is 0 Å². The molecule has 7 aromatic carbocycles. The van der Waals surface area contributed by atoms with Crippen molar-refractivity contribution in [2.75, 3.05) is 14.1 Å². The van der Waals surface area contributed by atoms with Gasteiger partial charge in [-0.25, -0.2) is 0 Å². The molecule has 0 unspecified atom stereocenters. The third kappa shape index (κ3) is 6.21. The molecule has 7 aromatic rings. The van der Waals surface area contributed by atoms with Gasteiger partial charge in [0.05, 0.1) is 14.1 Å². The molecule has 0 saturated heterocycles. The summed E-state index contributed by atoms with van der Waals surface area (Å²) in [6.07, 6.45) is -1.22. The summed E-state index contributed by atoms with van der Waals surface area (Å²) in [5.74, 6) is 0. The minimum absolute atomic E-state index is 0.205. The van der Waals surface area contributed by atoms with Crippen molar-refractivity contribution in [3.05, 3.63) is 229 Å². The van der Waals surface area contributed by atoms with E-state index in [0.717, 1.165) is 0 Å². The van der Waals surface area contributed by atoms with Crippen LogP contribution in [0.4, 0.5) is 0 Å². The summed E-state index contributed by atoms with van der Waals surface area (Å²) < 4.78 is 0. The van der Waals surface area contributed by atoms with Crippen LogP contribution < -0.4 is 26.8 Å². The van der Waals surface area contributed by atoms with E-state index in [1.807, 2.05) is 0 Å². The topological polar surface area (TPSA) is 4.44 Å². The first-order chi connectivity index (χ1) is 23.2. The van der Waals surface area contributed by atoms with Gasteiger partial charge in [0, 0.05) is 16.7 Å². The molecule has 0 aliphatic heterocycles. The molecule has 0 atom stereocenters. The van der Waals surface area contributed by atoms with Gasteiger partial charge in [-0.05, 0) is 0 Å². The van der Waals surface area contributed by atoms with Gasteiger partial charge >= 0.3 is 0 Å². The molecule has 0 spiro atoms. The monoisotopic (exact) mass is 607 g/mol. The third-order valence-electron chi connectivity index (χ3n) is 9.57. The number of hydrogen-bond donors (Lipinski definition) is 1. The van der Waals surface area contributed by atoms with E-state index in [1.165, 1.54) is 43.4 Å². The molecule has 0 bridgehead atoms. The molecule has 0 fully saturated rings. The average Bonchev–Trinajstić information content (AvgIpc) is 3.16. The zero-order chi connectivity index (χ0) is 32.4. The van der Waals surface area contributed by atoms with Gasteiger partial charge in [0.1, 0.15) is 6.15 Å². The Hall–Kier alpha value is -5.44. The first-order valence-corrected chi connectivity index (χ1v) is 16.5. The summed E-state index contributed by atoms with van der Waals surface area (Å²) in [5, 5.41) is 0. The number of benzene rings is 7. The summed E-state index contributed by atoms with van der Waals surface area (Å²) in [5.41, 5.74) is 9.09. The van der Waals surface area contributed by atoms with Crippen LogP contribution in [0.2, 0.25) is 0 Å². The molecule has 0 aliphatic rings. The molecule has 2 heteroatoms. The van der Waals surface area contributed by atoms with Crippen molar-refractivity contribution in [2.24, 2.45) is 0 Å². The Labute approximate surface area is 280 Å². The largest absolute Gasteiger partial charge is 0.324 e. The molecule has 0 aliphatic carbocycles. The van der Waals surface area contributed by atoms with E-state index in [0.29, 0.717) is 0 Å². The highest BCUT2D eigenvalue weighted by Crippen LogP contribution is 2.33. The van der Waals surface area contributed by atoms with Crippen molar-refractivity contribution >= 4 is 28.0 Å². The van der Waals surface area contributed by atoms with Gasteiger partial charge in [-0.3, -0.25) is 0 Å². The maximum atomic E-state index is 2.26. The number of nitrogens with one attached hydrogen (secondary N) is 1. The Balaban J connectivity index is 0.000000166. The third-order valence-corrected chi connectivity index (χ3v) is 9.57. The second-order valence-electron chi connectivity index (χ2n) is 12.4. The second-order valence-corrected chi connectivity index (χ2v) is 12.4. The van der Waals surface area contributed by atoms with Crippen LogP contribution in [0, 0.1) is 0 Å². The van der Waals surface area contributed by atoms with E-state index < -0.39 is 6.15 Å². The quantitative estimate of drug-likeness (QED) is 0.155. The summed E-state index contributed by atoms with van der Waals surface area (Å²) in [6.45, 7) is 0. The predicted octanol–water partition coefficient (Wildman–Crippen LogP) is 6.19. The van der Waals surface area contributed by atoms with E-state index >= 15 is 0 Å². The van der Waals surface area contributed by atoms with E-state index in [4.69, 9.17) is 0 Å². The Morgan fingerprint density at radius 2 is 0.489 bits per heavy atom. The van der Waals surface area contributed by atoms with Gasteiger partial charge in [0.2, 0.25) is 0 Å². The highest BCUT2D eigenvalue weighted by Gasteiger charge is 2.42. The number of rotatable bonds is 8. The zero-order valence-corrected chi connectivity index (χ0v) is 27.3. The normalized spacial score (nSPS) is 11.4. The van der Waals surface area contributed by atoms with Crippen molar-refractivity contribution in [1.29, 1.82) is 0 Å². The average molecular weight is 608 g/mol. The highest BCUT2D eigenvalue weighted by molar-refractivity contribution is 7.19. The second kappa shape index (κ2) is 14.8. The molecule has 1 nitrogen and oxygen atoms in total. The maximum Gasteiger partial charge on any atom is 0.174 e. The van der Waals surface area contributed by atoms with Crippen LogP contribution in [0.5, 0.6) is 0 Å². The smallest absolute Gasteiger partial charge is 0.174 e. The summed E-state index contributed by atoms with van der Waals surface area (Å²) in [4.78, 5) is 1.37. The van der Waals surface area contributed by atoms with Crippen molar-refractivity contribution < 1.29 is 4.90 Å². The molecule has 1 N–H and O–H groups in total. The van der Waals surface area contributed by atoms with Crippen molar-refractivity contribution in [2.45, 2.75) is 5.54 Å². The summed E-state index contributed by atoms with van der Waals surface area (Å²) in [7, 11) is 4.46. The Bertz CT molecular complexity index is 1650. The van der Waals surface area contributed by atoms with Crippen LogP contribution in [-0.2, 0) is 5.54 Å². The lowest BCUT2D eigenvalue weighted by Crippen LogP contribution is -3.14. The lowest BCUT2D eigenvalue weighted by Gasteiger charge is -2.44. The molecule has 0 saturated carbocycles. The summed E-state index contributed by atoms with van der Waals surface area (Å²) >= 11 is 0. The number of hydrogen-bond acceptors (Lipinski definition) is 0. The fourth-order valence-electron chi connectivity index (χ4n) is 7.55. The highest BCUT2D eigenvalue weighted by atomic mass is 15.1. The molecule has 7 rings (SSSR count). The van der Waals surface area contributed by atoms with E-state index in [-0.39, 0.29) is 5.54 Å². The first kappa shape index (κ1) is 31.5. The summed E-state index contributed by atoms with van der Waals surface area (Å²) in [6, 6.07) is 75.9. The van der Waals surface area contributed by atoms with E-state index in [2.05, 4.69) is 226 Å². The van der Waals surface area contributed by atoms with Crippen LogP contribution in [0.1, 0.15) is 16.7 Å². The van der Waals surface area contributed by atoms with Crippen LogP contribution in [-0.4, -0.2) is 20.2 Å². The maximum absolute atomic E-state index is 2.26. The minimum atomic E-state index is -1.22. The van der Waals surface area contributed by atoms with Crippen LogP contribution in [0.25, 0.3) is 0 Å². The SMILES string of the molecule is C[NH+](C)C(c1ccccc1)(c1ccccc1)c1ccccc1.c1ccc([B-](c2ccccc2)(c2ccccc2)c2ccccc2)cc1. The minimum Gasteiger partial charge on any atom is -0.324 e. The van der Waals surface area contributed by atoms with Crippen molar-refractivity contribution in [3.8, 4) is 0 Å². The van der Waals surface area contributed by atoms with Gasteiger partial charge in [0.25, 0.3) is 0 Å². The molecule has 0 aromatic heterocycles. The molecule has 0 amide bonds. The first-order valence-electron chi connectivity index (χ1n) is 16.5. The predicted molar refractivity (Wildman–Crippen MR) is 202 cm³/mol. The fourth-order valence-corrected chi connectivity index (χ4v) is 7.55. The van der Waals surface area contributed by atoms with Gasteiger partial charge in [0.15, 0.2) is 5.54 Å². The van der Waals surface area contributed by atoms with Gasteiger partial charge < -0.3 is 4.90 Å².